The van der Waals surface area contributed by atoms with Crippen molar-refractivity contribution in [2.75, 3.05) is 18.4 Å². The van der Waals surface area contributed by atoms with Crippen LogP contribution in [0.5, 0.6) is 0 Å². The third-order valence-electron chi connectivity index (χ3n) is 3.63. The number of nitro groups is 1. The van der Waals surface area contributed by atoms with Crippen molar-refractivity contribution in [1.29, 1.82) is 5.26 Å². The van der Waals surface area contributed by atoms with Crippen LogP contribution >= 0.6 is 0 Å². The van der Waals surface area contributed by atoms with E-state index < -0.39 is 4.92 Å². The Morgan fingerprint density at radius 2 is 2.30 bits per heavy atom. The largest absolute Gasteiger partial charge is 0.375 e. The Hall–Kier alpha value is -2.13. The Morgan fingerprint density at radius 3 is 2.85 bits per heavy atom. The summed E-state index contributed by atoms with van der Waals surface area (Å²) in [6, 6.07) is 7.16. The Morgan fingerprint density at radius 1 is 1.55 bits per heavy atom. The highest BCUT2D eigenvalue weighted by Crippen LogP contribution is 2.27. The lowest BCUT2D eigenvalue weighted by molar-refractivity contribution is -0.384. The minimum Gasteiger partial charge on any atom is -0.375 e. The van der Waals surface area contributed by atoms with Crippen molar-refractivity contribution in [3.8, 4) is 6.07 Å². The van der Waals surface area contributed by atoms with Crippen molar-refractivity contribution >= 4 is 11.4 Å². The fraction of sp³-hybridized carbons (Fsp3) is 0.500. The van der Waals surface area contributed by atoms with Gasteiger partial charge in [-0.1, -0.05) is 0 Å². The minimum atomic E-state index is -0.446. The van der Waals surface area contributed by atoms with E-state index in [2.05, 4.69) is 24.1 Å². The fourth-order valence-corrected chi connectivity index (χ4v) is 2.47. The monoisotopic (exact) mass is 274 g/mol. The number of benzene rings is 1. The zero-order valence-corrected chi connectivity index (χ0v) is 11.7. The van der Waals surface area contributed by atoms with E-state index in [0.29, 0.717) is 17.3 Å². The van der Waals surface area contributed by atoms with E-state index in [1.54, 1.807) is 12.1 Å². The number of anilines is 1. The van der Waals surface area contributed by atoms with Gasteiger partial charge in [0.2, 0.25) is 0 Å². The van der Waals surface area contributed by atoms with Crippen LogP contribution in [0.15, 0.2) is 18.2 Å². The second kappa shape index (κ2) is 5.88. The maximum absolute atomic E-state index is 11.1. The molecule has 0 aliphatic carbocycles. The van der Waals surface area contributed by atoms with Crippen molar-refractivity contribution < 1.29 is 4.92 Å². The van der Waals surface area contributed by atoms with E-state index in [1.165, 1.54) is 6.07 Å². The number of nitrogens with one attached hydrogen (secondary N) is 1. The van der Waals surface area contributed by atoms with Gasteiger partial charge in [-0.3, -0.25) is 15.0 Å². The highest BCUT2D eigenvalue weighted by Gasteiger charge is 2.26. The number of nitro benzene ring substituents is 1. The van der Waals surface area contributed by atoms with Gasteiger partial charge in [0.05, 0.1) is 16.6 Å². The summed E-state index contributed by atoms with van der Waals surface area (Å²) in [4.78, 5) is 13.0. The van der Waals surface area contributed by atoms with Gasteiger partial charge in [0.25, 0.3) is 5.69 Å². The third kappa shape index (κ3) is 3.06. The number of nitrogens with zero attached hydrogens (tertiary/aromatic N) is 3. The Balaban J connectivity index is 2.14. The van der Waals surface area contributed by atoms with Gasteiger partial charge in [0.15, 0.2) is 0 Å². The molecule has 1 saturated heterocycles. The number of rotatable bonds is 4. The molecule has 1 heterocycles. The predicted molar refractivity (Wildman–Crippen MR) is 76.5 cm³/mol. The molecule has 0 amide bonds. The molecule has 1 fully saturated rings. The van der Waals surface area contributed by atoms with Crippen LogP contribution in [0.4, 0.5) is 11.4 Å². The van der Waals surface area contributed by atoms with E-state index >= 15 is 0 Å². The van der Waals surface area contributed by atoms with Gasteiger partial charge in [0.1, 0.15) is 5.69 Å². The number of likely N-dealkylation sites (tertiary alicyclic amines) is 1. The van der Waals surface area contributed by atoms with Crippen LogP contribution in [-0.4, -0.2) is 35.0 Å². The Bertz CT molecular complexity index is 551. The lowest BCUT2D eigenvalue weighted by Crippen LogP contribution is -2.31. The highest BCUT2D eigenvalue weighted by atomic mass is 16.6. The molecule has 6 heteroatoms. The van der Waals surface area contributed by atoms with Gasteiger partial charge >= 0.3 is 0 Å². The summed E-state index contributed by atoms with van der Waals surface area (Å²) in [6.07, 6.45) is 0.968. The minimum absolute atomic E-state index is 0.0351. The molecule has 0 saturated carbocycles. The van der Waals surface area contributed by atoms with Crippen LogP contribution in [0, 0.1) is 21.4 Å². The average Bonchev–Trinajstić information content (AvgIpc) is 2.87. The summed E-state index contributed by atoms with van der Waals surface area (Å²) < 4.78 is 0. The molecule has 20 heavy (non-hydrogen) atoms. The molecule has 1 aliphatic heterocycles. The average molecular weight is 274 g/mol. The van der Waals surface area contributed by atoms with Gasteiger partial charge in [-0.05, 0) is 32.4 Å². The normalized spacial score (nSPS) is 19.0. The summed E-state index contributed by atoms with van der Waals surface area (Å²) in [6.45, 7) is 6.17. The molecule has 106 valence electrons. The van der Waals surface area contributed by atoms with Crippen LogP contribution in [0.2, 0.25) is 0 Å². The molecule has 0 bridgehead atoms. The van der Waals surface area contributed by atoms with Crippen molar-refractivity contribution in [1.82, 2.24) is 4.90 Å². The second-order valence-corrected chi connectivity index (χ2v) is 5.32. The van der Waals surface area contributed by atoms with Crippen LogP contribution in [-0.2, 0) is 0 Å². The zero-order chi connectivity index (χ0) is 14.7. The lowest BCUT2D eigenvalue weighted by atomic mass is 10.1. The summed E-state index contributed by atoms with van der Waals surface area (Å²) in [5, 5.41) is 23.1. The summed E-state index contributed by atoms with van der Waals surface area (Å²) >= 11 is 0. The molecule has 0 radical (unpaired) electrons. The first-order chi connectivity index (χ1) is 9.51. The Kier molecular flexibility index (Phi) is 4.20. The number of hydrogen-bond donors (Lipinski definition) is 1. The van der Waals surface area contributed by atoms with Gasteiger partial charge in [-0.15, -0.1) is 0 Å². The van der Waals surface area contributed by atoms with E-state index in [-0.39, 0.29) is 11.7 Å². The van der Waals surface area contributed by atoms with Gasteiger partial charge in [-0.25, -0.2) is 0 Å². The molecular weight excluding hydrogens is 256 g/mol. The molecule has 1 atom stereocenters. The second-order valence-electron chi connectivity index (χ2n) is 5.32. The first-order valence-electron chi connectivity index (χ1n) is 6.70. The molecule has 2 rings (SSSR count). The molecule has 1 aliphatic rings. The first-order valence-corrected chi connectivity index (χ1v) is 6.70. The molecule has 1 N–H and O–H groups in total. The predicted octanol–water partition coefficient (Wildman–Crippen LogP) is 2.36. The molecule has 1 aromatic carbocycles. The summed E-state index contributed by atoms with van der Waals surface area (Å²) in [7, 11) is 0. The highest BCUT2D eigenvalue weighted by molar-refractivity contribution is 5.64. The first kappa shape index (κ1) is 14.3. The molecule has 1 unspecified atom stereocenters. The van der Waals surface area contributed by atoms with Crippen molar-refractivity contribution in [3.63, 3.8) is 0 Å². The molecular formula is C14H18N4O2. The van der Waals surface area contributed by atoms with Crippen LogP contribution in [0.3, 0.4) is 0 Å². The molecule has 6 nitrogen and oxygen atoms in total. The smallest absolute Gasteiger partial charge is 0.293 e. The van der Waals surface area contributed by atoms with Gasteiger partial charge in [-0.2, -0.15) is 5.26 Å². The maximum Gasteiger partial charge on any atom is 0.293 e. The number of hydrogen-bond acceptors (Lipinski definition) is 5. The van der Waals surface area contributed by atoms with Gasteiger partial charge < -0.3 is 5.32 Å². The SMILES string of the molecule is CC(C)N1CCC(Nc2ccc(C#N)cc2[N+](=O)[O-])C1. The fourth-order valence-electron chi connectivity index (χ4n) is 2.47. The lowest BCUT2D eigenvalue weighted by Gasteiger charge is -2.20. The van der Waals surface area contributed by atoms with Gasteiger partial charge in [0, 0.05) is 31.2 Å². The van der Waals surface area contributed by atoms with Crippen molar-refractivity contribution in [2.45, 2.75) is 32.4 Å². The standard InChI is InChI=1S/C14H18N4O2/c1-10(2)17-6-5-12(9-17)16-13-4-3-11(8-15)7-14(13)18(19)20/h3-4,7,10,12,16H,5-6,9H2,1-2H3. The zero-order valence-electron chi connectivity index (χ0n) is 11.7. The van der Waals surface area contributed by atoms with Crippen LogP contribution < -0.4 is 5.32 Å². The summed E-state index contributed by atoms with van der Waals surface area (Å²) in [5.74, 6) is 0. The molecule has 1 aromatic rings. The van der Waals surface area contributed by atoms with E-state index in [1.807, 2.05) is 6.07 Å². The topological polar surface area (TPSA) is 82.2 Å². The van der Waals surface area contributed by atoms with Crippen molar-refractivity contribution in [3.05, 3.63) is 33.9 Å². The third-order valence-corrected chi connectivity index (χ3v) is 3.63. The Labute approximate surface area is 118 Å². The van der Waals surface area contributed by atoms with Crippen LogP contribution in [0.25, 0.3) is 0 Å². The van der Waals surface area contributed by atoms with E-state index in [9.17, 15) is 10.1 Å². The summed E-state index contributed by atoms with van der Waals surface area (Å²) in [5.41, 5.74) is 0.758. The molecule has 0 aromatic heterocycles. The molecule has 0 spiro atoms. The van der Waals surface area contributed by atoms with E-state index in [4.69, 9.17) is 5.26 Å². The quantitative estimate of drug-likeness (QED) is 0.673. The number of nitriles is 1. The van der Waals surface area contributed by atoms with Crippen molar-refractivity contribution in [2.24, 2.45) is 0 Å². The van der Waals surface area contributed by atoms with E-state index in [0.717, 1.165) is 19.5 Å². The van der Waals surface area contributed by atoms with Crippen LogP contribution in [0.1, 0.15) is 25.8 Å². The maximum atomic E-state index is 11.1.